The Balaban J connectivity index is 1.75. The summed E-state index contributed by atoms with van der Waals surface area (Å²) < 4.78 is 0. The van der Waals surface area contributed by atoms with Gasteiger partial charge in [0, 0.05) is 5.92 Å². The van der Waals surface area contributed by atoms with Gasteiger partial charge in [-0.15, -0.1) is 0 Å². The molecule has 0 aromatic heterocycles. The molecule has 0 saturated carbocycles. The van der Waals surface area contributed by atoms with Gasteiger partial charge in [-0.05, 0) is 29.5 Å². The SMILES string of the molecule is C(=C\C(CCc1ccccc1)c1ccccc1)/c1ccccc1. The van der Waals surface area contributed by atoms with Crippen LogP contribution in [0, 0.1) is 0 Å². The predicted octanol–water partition coefficient (Wildman–Crippen LogP) is 6.12. The van der Waals surface area contributed by atoms with Gasteiger partial charge in [0.15, 0.2) is 0 Å². The standard InChI is InChI=1S/C23H22/c1-4-10-20(11-5-1)16-18-23(22-14-8-3-9-15-22)19-17-21-12-6-2-7-13-21/h1-16,18,23H,17,19H2/b18-16+. The molecule has 0 nitrogen and oxygen atoms in total. The van der Waals surface area contributed by atoms with Crippen molar-refractivity contribution < 1.29 is 0 Å². The summed E-state index contributed by atoms with van der Waals surface area (Å²) in [6.45, 7) is 0. The van der Waals surface area contributed by atoms with Crippen molar-refractivity contribution in [2.75, 3.05) is 0 Å². The lowest BCUT2D eigenvalue weighted by Gasteiger charge is -2.13. The minimum atomic E-state index is 0.441. The summed E-state index contributed by atoms with van der Waals surface area (Å²) in [5.74, 6) is 0.441. The minimum Gasteiger partial charge on any atom is -0.0764 e. The molecule has 0 bridgehead atoms. The van der Waals surface area contributed by atoms with Gasteiger partial charge in [-0.25, -0.2) is 0 Å². The second-order valence-corrected chi connectivity index (χ2v) is 5.81. The van der Waals surface area contributed by atoms with Crippen LogP contribution in [0.25, 0.3) is 6.08 Å². The van der Waals surface area contributed by atoms with Crippen molar-refractivity contribution in [3.05, 3.63) is 114 Å². The molecule has 3 rings (SSSR count). The van der Waals surface area contributed by atoms with Crippen molar-refractivity contribution in [3.63, 3.8) is 0 Å². The van der Waals surface area contributed by atoms with E-state index in [1.807, 2.05) is 0 Å². The molecule has 0 heterocycles. The van der Waals surface area contributed by atoms with Crippen molar-refractivity contribution in [3.8, 4) is 0 Å². The van der Waals surface area contributed by atoms with Crippen molar-refractivity contribution in [1.29, 1.82) is 0 Å². The summed E-state index contributed by atoms with van der Waals surface area (Å²) >= 11 is 0. The lowest BCUT2D eigenvalue weighted by molar-refractivity contribution is 0.738. The molecule has 0 aliphatic heterocycles. The summed E-state index contributed by atoms with van der Waals surface area (Å²) in [5, 5.41) is 0. The zero-order valence-corrected chi connectivity index (χ0v) is 13.3. The second kappa shape index (κ2) is 8.14. The van der Waals surface area contributed by atoms with Crippen LogP contribution in [-0.2, 0) is 6.42 Å². The van der Waals surface area contributed by atoms with Crippen LogP contribution in [0.5, 0.6) is 0 Å². The van der Waals surface area contributed by atoms with Crippen molar-refractivity contribution >= 4 is 6.08 Å². The van der Waals surface area contributed by atoms with Crippen molar-refractivity contribution in [2.24, 2.45) is 0 Å². The maximum Gasteiger partial charge on any atom is 0.00244 e. The number of benzene rings is 3. The van der Waals surface area contributed by atoms with Gasteiger partial charge in [-0.1, -0.05) is 103 Å². The normalized spacial score (nSPS) is 12.3. The van der Waals surface area contributed by atoms with E-state index in [0.717, 1.165) is 12.8 Å². The van der Waals surface area contributed by atoms with Gasteiger partial charge in [-0.2, -0.15) is 0 Å². The Morgan fingerprint density at radius 3 is 1.87 bits per heavy atom. The number of hydrogen-bond acceptors (Lipinski definition) is 0. The summed E-state index contributed by atoms with van der Waals surface area (Å²) in [4.78, 5) is 0. The summed E-state index contributed by atoms with van der Waals surface area (Å²) in [6, 6.07) is 32.0. The van der Waals surface area contributed by atoms with E-state index in [9.17, 15) is 0 Å². The van der Waals surface area contributed by atoms with E-state index in [4.69, 9.17) is 0 Å². The molecular weight excluding hydrogens is 276 g/mol. The highest BCUT2D eigenvalue weighted by Crippen LogP contribution is 2.24. The summed E-state index contributed by atoms with van der Waals surface area (Å²) in [5.41, 5.74) is 4.05. The third kappa shape index (κ3) is 4.69. The van der Waals surface area contributed by atoms with E-state index >= 15 is 0 Å². The number of aryl methyl sites for hydroxylation is 1. The monoisotopic (exact) mass is 298 g/mol. The molecule has 0 fully saturated rings. The largest absolute Gasteiger partial charge is 0.0764 e. The number of hydrogen-bond donors (Lipinski definition) is 0. The van der Waals surface area contributed by atoms with E-state index in [1.54, 1.807) is 0 Å². The molecule has 23 heavy (non-hydrogen) atoms. The molecule has 0 N–H and O–H groups in total. The molecule has 1 atom stereocenters. The Morgan fingerprint density at radius 2 is 1.22 bits per heavy atom. The average molecular weight is 298 g/mol. The first-order valence-corrected chi connectivity index (χ1v) is 8.24. The molecule has 0 radical (unpaired) electrons. The molecule has 0 amide bonds. The van der Waals surface area contributed by atoms with E-state index in [0.29, 0.717) is 5.92 Å². The van der Waals surface area contributed by atoms with Gasteiger partial charge < -0.3 is 0 Å². The highest BCUT2D eigenvalue weighted by atomic mass is 14.1. The Labute approximate surface area is 139 Å². The third-order valence-electron chi connectivity index (χ3n) is 4.14. The van der Waals surface area contributed by atoms with Crippen molar-refractivity contribution in [1.82, 2.24) is 0 Å². The van der Waals surface area contributed by atoms with Gasteiger partial charge in [0.2, 0.25) is 0 Å². The van der Waals surface area contributed by atoms with E-state index < -0.39 is 0 Å². The Bertz CT molecular complexity index is 712. The van der Waals surface area contributed by atoms with Crippen LogP contribution < -0.4 is 0 Å². The fraction of sp³-hybridized carbons (Fsp3) is 0.130. The first-order valence-electron chi connectivity index (χ1n) is 8.24. The van der Waals surface area contributed by atoms with Gasteiger partial charge in [0.05, 0.1) is 0 Å². The van der Waals surface area contributed by atoms with Gasteiger partial charge >= 0.3 is 0 Å². The first-order chi connectivity index (χ1) is 11.4. The molecule has 0 aliphatic carbocycles. The van der Waals surface area contributed by atoms with Gasteiger partial charge in [0.1, 0.15) is 0 Å². The molecule has 3 aromatic rings. The van der Waals surface area contributed by atoms with E-state index in [2.05, 4.69) is 103 Å². The Hall–Kier alpha value is -2.60. The number of rotatable bonds is 6. The zero-order chi connectivity index (χ0) is 15.7. The summed E-state index contributed by atoms with van der Waals surface area (Å²) in [7, 11) is 0. The number of allylic oxidation sites excluding steroid dienone is 1. The maximum atomic E-state index is 2.34. The average Bonchev–Trinajstić information content (AvgIpc) is 2.64. The quantitative estimate of drug-likeness (QED) is 0.514. The topological polar surface area (TPSA) is 0 Å². The first kappa shape index (κ1) is 15.3. The molecule has 0 saturated heterocycles. The molecule has 1 unspecified atom stereocenters. The lowest BCUT2D eigenvalue weighted by Crippen LogP contribution is -1.98. The van der Waals surface area contributed by atoms with Crippen LogP contribution in [0.15, 0.2) is 97.1 Å². The van der Waals surface area contributed by atoms with Crippen molar-refractivity contribution in [2.45, 2.75) is 18.8 Å². The highest BCUT2D eigenvalue weighted by molar-refractivity contribution is 5.50. The minimum absolute atomic E-state index is 0.441. The van der Waals surface area contributed by atoms with Crippen LogP contribution in [-0.4, -0.2) is 0 Å². The molecule has 0 spiro atoms. The molecule has 0 heteroatoms. The maximum absolute atomic E-state index is 2.34. The van der Waals surface area contributed by atoms with Crippen LogP contribution in [0.4, 0.5) is 0 Å². The van der Waals surface area contributed by atoms with Crippen LogP contribution in [0.3, 0.4) is 0 Å². The molecule has 3 aromatic carbocycles. The Morgan fingerprint density at radius 1 is 0.652 bits per heavy atom. The van der Waals surface area contributed by atoms with E-state index in [1.165, 1.54) is 16.7 Å². The fourth-order valence-electron chi connectivity index (χ4n) is 2.83. The highest BCUT2D eigenvalue weighted by Gasteiger charge is 2.08. The van der Waals surface area contributed by atoms with Gasteiger partial charge in [-0.3, -0.25) is 0 Å². The second-order valence-electron chi connectivity index (χ2n) is 5.81. The summed E-state index contributed by atoms with van der Waals surface area (Å²) in [6.07, 6.45) is 6.80. The Kier molecular flexibility index (Phi) is 5.42. The smallest absolute Gasteiger partial charge is 0.00244 e. The predicted molar refractivity (Wildman–Crippen MR) is 99.4 cm³/mol. The van der Waals surface area contributed by atoms with Gasteiger partial charge in [0.25, 0.3) is 0 Å². The van der Waals surface area contributed by atoms with Crippen LogP contribution in [0.1, 0.15) is 29.0 Å². The molecular formula is C23H22. The van der Waals surface area contributed by atoms with E-state index in [-0.39, 0.29) is 0 Å². The van der Waals surface area contributed by atoms with Crippen LogP contribution in [0.2, 0.25) is 0 Å². The lowest BCUT2D eigenvalue weighted by atomic mass is 9.91. The fourth-order valence-corrected chi connectivity index (χ4v) is 2.83. The molecule has 114 valence electrons. The molecule has 0 aliphatic rings. The van der Waals surface area contributed by atoms with Crippen LogP contribution >= 0.6 is 0 Å². The zero-order valence-electron chi connectivity index (χ0n) is 13.3. The third-order valence-corrected chi connectivity index (χ3v) is 4.14.